The summed E-state index contributed by atoms with van der Waals surface area (Å²) in [5, 5.41) is 22.1. The molecule has 6 nitrogen and oxygen atoms in total. The highest BCUT2D eigenvalue weighted by molar-refractivity contribution is 5.75. The molecular formula is C31H62N2O4. The van der Waals surface area contributed by atoms with E-state index in [0.717, 1.165) is 58.4 Å². The average molecular weight is 527 g/mol. The fourth-order valence-corrected chi connectivity index (χ4v) is 4.38. The molecule has 0 aromatic heterocycles. The van der Waals surface area contributed by atoms with Gasteiger partial charge >= 0.3 is 0 Å². The minimum Gasteiger partial charge on any atom is -0.394 e. The lowest BCUT2D eigenvalue weighted by molar-refractivity contribution is -0.121. The van der Waals surface area contributed by atoms with Crippen LogP contribution in [0.3, 0.4) is 0 Å². The molecule has 0 heterocycles. The van der Waals surface area contributed by atoms with Crippen molar-refractivity contribution in [2.24, 2.45) is 0 Å². The molecule has 0 aromatic carbocycles. The van der Waals surface area contributed by atoms with Gasteiger partial charge in [0.25, 0.3) is 0 Å². The summed E-state index contributed by atoms with van der Waals surface area (Å²) in [6, 6.07) is 0. The molecule has 1 amide bonds. The first kappa shape index (κ1) is 36.0. The zero-order valence-corrected chi connectivity index (χ0v) is 24.6. The van der Waals surface area contributed by atoms with E-state index in [-0.39, 0.29) is 12.5 Å². The third-order valence-corrected chi connectivity index (χ3v) is 6.72. The normalized spacial score (nSPS) is 12.6. The van der Waals surface area contributed by atoms with Gasteiger partial charge in [0.1, 0.15) is 0 Å². The largest absolute Gasteiger partial charge is 0.394 e. The van der Waals surface area contributed by atoms with E-state index in [9.17, 15) is 15.0 Å². The lowest BCUT2D eigenvalue weighted by Crippen LogP contribution is -2.37. The Labute approximate surface area is 229 Å². The van der Waals surface area contributed by atoms with Crippen LogP contribution in [0.15, 0.2) is 12.2 Å². The van der Waals surface area contributed by atoms with Gasteiger partial charge in [0.15, 0.2) is 0 Å². The molecular weight excluding hydrogens is 464 g/mol. The number of amides is 1. The van der Waals surface area contributed by atoms with Gasteiger partial charge in [-0.3, -0.25) is 4.79 Å². The van der Waals surface area contributed by atoms with E-state index in [4.69, 9.17) is 4.74 Å². The summed E-state index contributed by atoms with van der Waals surface area (Å²) in [5.74, 6) is 0.142. The number of unbranched alkanes of at least 4 members (excludes halogenated alkanes) is 12. The zero-order valence-electron chi connectivity index (χ0n) is 24.6. The smallest absolute Gasteiger partial charge is 0.219 e. The molecule has 0 saturated carbocycles. The van der Waals surface area contributed by atoms with Crippen LogP contribution in [-0.2, 0) is 9.53 Å². The SMILES string of the molecule is CCCC/C=C\CCCCCCCC(=O)NCCCN(CCCOCCCCCCCC)CC(O)CO. The summed E-state index contributed by atoms with van der Waals surface area (Å²) in [7, 11) is 0. The number of nitrogens with one attached hydrogen (secondary N) is 1. The Balaban J connectivity index is 3.76. The molecule has 0 fully saturated rings. The third-order valence-electron chi connectivity index (χ3n) is 6.72. The summed E-state index contributed by atoms with van der Waals surface area (Å²) in [4.78, 5) is 14.3. The van der Waals surface area contributed by atoms with Crippen LogP contribution < -0.4 is 5.32 Å². The topological polar surface area (TPSA) is 82.0 Å². The van der Waals surface area contributed by atoms with Gasteiger partial charge in [-0.25, -0.2) is 0 Å². The average Bonchev–Trinajstić information content (AvgIpc) is 2.90. The first-order chi connectivity index (χ1) is 18.1. The van der Waals surface area contributed by atoms with E-state index < -0.39 is 6.10 Å². The van der Waals surface area contributed by atoms with Gasteiger partial charge in [-0.2, -0.15) is 0 Å². The minimum atomic E-state index is -0.726. The summed E-state index contributed by atoms with van der Waals surface area (Å²) in [6.45, 7) is 8.53. The molecule has 0 bridgehead atoms. The number of aliphatic hydroxyl groups excluding tert-OH is 2. The van der Waals surface area contributed by atoms with Crippen LogP contribution in [0.2, 0.25) is 0 Å². The van der Waals surface area contributed by atoms with Gasteiger partial charge in [-0.05, 0) is 51.5 Å². The molecule has 0 saturated heterocycles. The molecule has 0 aliphatic heterocycles. The Kier molecular flexibility index (Phi) is 28.8. The predicted octanol–water partition coefficient (Wildman–Crippen LogP) is 6.39. The van der Waals surface area contributed by atoms with Crippen molar-refractivity contribution < 1.29 is 19.7 Å². The number of nitrogens with zero attached hydrogens (tertiary/aromatic N) is 1. The van der Waals surface area contributed by atoms with E-state index >= 15 is 0 Å². The fraction of sp³-hybridized carbons (Fsp3) is 0.903. The maximum Gasteiger partial charge on any atom is 0.219 e. The molecule has 0 radical (unpaired) electrons. The summed E-state index contributed by atoms with van der Waals surface area (Å²) < 4.78 is 5.77. The van der Waals surface area contributed by atoms with Gasteiger partial charge < -0.3 is 25.2 Å². The van der Waals surface area contributed by atoms with Gasteiger partial charge in [0.2, 0.25) is 5.91 Å². The second-order valence-corrected chi connectivity index (χ2v) is 10.5. The number of hydrogen-bond acceptors (Lipinski definition) is 5. The van der Waals surface area contributed by atoms with Crippen LogP contribution in [0.5, 0.6) is 0 Å². The van der Waals surface area contributed by atoms with Crippen molar-refractivity contribution in [3.63, 3.8) is 0 Å². The van der Waals surface area contributed by atoms with Crippen molar-refractivity contribution in [2.75, 3.05) is 46.0 Å². The molecule has 220 valence electrons. The molecule has 1 atom stereocenters. The first-order valence-corrected chi connectivity index (χ1v) is 15.6. The Bertz CT molecular complexity index is 502. The van der Waals surface area contributed by atoms with Gasteiger partial charge in [-0.1, -0.05) is 90.2 Å². The van der Waals surface area contributed by atoms with Crippen molar-refractivity contribution >= 4 is 5.91 Å². The van der Waals surface area contributed by atoms with Crippen LogP contribution >= 0.6 is 0 Å². The molecule has 0 spiro atoms. The standard InChI is InChI=1S/C31H62N2O4/c1-3-5-7-9-11-12-13-14-15-16-18-22-31(36)32-23-20-24-33(28-30(35)29-34)25-21-27-37-26-19-17-10-8-6-4-2/h9,11,30,34-35H,3-8,10,12-29H2,1-2H3,(H,32,36)/b11-9-. The van der Waals surface area contributed by atoms with E-state index in [1.54, 1.807) is 0 Å². The van der Waals surface area contributed by atoms with Crippen molar-refractivity contribution in [3.8, 4) is 0 Å². The lowest BCUT2D eigenvalue weighted by Gasteiger charge is -2.24. The fourth-order valence-electron chi connectivity index (χ4n) is 4.38. The van der Waals surface area contributed by atoms with Crippen LogP contribution in [0.1, 0.15) is 129 Å². The Morgan fingerprint density at radius 3 is 2.11 bits per heavy atom. The summed E-state index contributed by atoms with van der Waals surface area (Å²) >= 11 is 0. The maximum atomic E-state index is 12.1. The molecule has 0 aliphatic carbocycles. The molecule has 0 aromatic rings. The molecule has 37 heavy (non-hydrogen) atoms. The second-order valence-electron chi connectivity index (χ2n) is 10.5. The Hall–Kier alpha value is -0.950. The number of rotatable bonds is 29. The van der Waals surface area contributed by atoms with Crippen molar-refractivity contribution in [1.29, 1.82) is 0 Å². The highest BCUT2D eigenvalue weighted by Gasteiger charge is 2.11. The van der Waals surface area contributed by atoms with Gasteiger partial charge in [0, 0.05) is 39.3 Å². The number of ether oxygens (including phenoxy) is 1. The predicted molar refractivity (Wildman–Crippen MR) is 157 cm³/mol. The van der Waals surface area contributed by atoms with Gasteiger partial charge in [0.05, 0.1) is 12.7 Å². The van der Waals surface area contributed by atoms with Crippen LogP contribution in [0.25, 0.3) is 0 Å². The molecule has 6 heteroatoms. The third kappa shape index (κ3) is 27.9. The number of hydrogen-bond donors (Lipinski definition) is 3. The molecule has 0 aliphatic rings. The highest BCUT2D eigenvalue weighted by Crippen LogP contribution is 2.08. The zero-order chi connectivity index (χ0) is 27.2. The maximum absolute atomic E-state index is 12.1. The number of carbonyl (C=O) groups is 1. The number of allylic oxidation sites excluding steroid dienone is 2. The van der Waals surface area contributed by atoms with Crippen molar-refractivity contribution in [3.05, 3.63) is 12.2 Å². The van der Waals surface area contributed by atoms with E-state index in [2.05, 4.69) is 36.2 Å². The first-order valence-electron chi connectivity index (χ1n) is 15.6. The van der Waals surface area contributed by atoms with Crippen LogP contribution in [0, 0.1) is 0 Å². The quantitative estimate of drug-likeness (QED) is 0.0777. The van der Waals surface area contributed by atoms with Crippen LogP contribution in [-0.4, -0.2) is 73.1 Å². The molecule has 3 N–H and O–H groups in total. The van der Waals surface area contributed by atoms with Crippen molar-refractivity contribution in [2.45, 2.75) is 136 Å². The Morgan fingerprint density at radius 1 is 0.784 bits per heavy atom. The minimum absolute atomic E-state index is 0.142. The summed E-state index contributed by atoms with van der Waals surface area (Å²) in [5.41, 5.74) is 0. The Morgan fingerprint density at radius 2 is 1.38 bits per heavy atom. The van der Waals surface area contributed by atoms with E-state index in [0.29, 0.717) is 19.5 Å². The van der Waals surface area contributed by atoms with E-state index in [1.165, 1.54) is 77.0 Å². The van der Waals surface area contributed by atoms with Crippen molar-refractivity contribution in [1.82, 2.24) is 10.2 Å². The van der Waals surface area contributed by atoms with Gasteiger partial charge in [-0.15, -0.1) is 0 Å². The lowest BCUT2D eigenvalue weighted by atomic mass is 10.1. The van der Waals surface area contributed by atoms with E-state index in [1.807, 2.05) is 0 Å². The highest BCUT2D eigenvalue weighted by atomic mass is 16.5. The number of carbonyl (C=O) groups excluding carboxylic acids is 1. The molecule has 0 rings (SSSR count). The molecule has 1 unspecified atom stereocenters. The second kappa shape index (κ2) is 29.6. The number of aliphatic hydroxyl groups is 2. The van der Waals surface area contributed by atoms with Crippen LogP contribution in [0.4, 0.5) is 0 Å². The summed E-state index contributed by atoms with van der Waals surface area (Å²) in [6.07, 6.45) is 24.6. The monoisotopic (exact) mass is 526 g/mol.